The highest BCUT2D eigenvalue weighted by molar-refractivity contribution is 5.94. The van der Waals surface area contributed by atoms with Gasteiger partial charge in [0.2, 0.25) is 0 Å². The fourth-order valence-electron chi connectivity index (χ4n) is 2.39. The number of aromatic nitrogens is 3. The van der Waals surface area contributed by atoms with Crippen LogP contribution in [0, 0.1) is 6.92 Å². The predicted octanol–water partition coefficient (Wildman–Crippen LogP) is 1.46. The van der Waals surface area contributed by atoms with Crippen LogP contribution >= 0.6 is 0 Å². The van der Waals surface area contributed by atoms with Gasteiger partial charge in [-0.15, -0.1) is 0 Å². The minimum atomic E-state index is -0.0923. The van der Waals surface area contributed by atoms with Gasteiger partial charge in [0.25, 0.3) is 5.91 Å². The first kappa shape index (κ1) is 13.5. The first-order valence-electron chi connectivity index (χ1n) is 6.88. The fourth-order valence-corrected chi connectivity index (χ4v) is 2.39. The van der Waals surface area contributed by atoms with Crippen LogP contribution in [-0.2, 0) is 0 Å². The second kappa shape index (κ2) is 5.90. The van der Waals surface area contributed by atoms with E-state index in [4.69, 9.17) is 9.26 Å². The standard InChI is InChI=1S/C14H16N4O3/c1-10-12(8-17-21-10)13(19)18-7-2-4-11(9-18)20-14-15-5-3-6-16-14/h3,5-6,8,11H,2,4,7,9H2,1H3. The summed E-state index contributed by atoms with van der Waals surface area (Å²) in [5.41, 5.74) is 0.506. The molecule has 1 fully saturated rings. The fraction of sp³-hybridized carbons (Fsp3) is 0.429. The number of hydrogen-bond acceptors (Lipinski definition) is 6. The monoisotopic (exact) mass is 288 g/mol. The molecule has 1 saturated heterocycles. The molecule has 0 bridgehead atoms. The number of carbonyl (C=O) groups is 1. The van der Waals surface area contributed by atoms with Crippen molar-refractivity contribution in [2.45, 2.75) is 25.9 Å². The minimum Gasteiger partial charge on any atom is -0.458 e. The zero-order chi connectivity index (χ0) is 14.7. The Labute approximate surface area is 121 Å². The molecule has 2 aromatic heterocycles. The van der Waals surface area contributed by atoms with E-state index in [9.17, 15) is 4.79 Å². The maximum absolute atomic E-state index is 12.4. The number of nitrogens with zero attached hydrogens (tertiary/aromatic N) is 4. The normalized spacial score (nSPS) is 18.5. The molecule has 3 heterocycles. The van der Waals surface area contributed by atoms with Gasteiger partial charge in [-0.05, 0) is 25.8 Å². The van der Waals surface area contributed by atoms with Crippen LogP contribution in [0.5, 0.6) is 6.01 Å². The molecule has 0 aliphatic carbocycles. The zero-order valence-corrected chi connectivity index (χ0v) is 11.7. The maximum Gasteiger partial charge on any atom is 0.316 e. The van der Waals surface area contributed by atoms with Gasteiger partial charge in [-0.2, -0.15) is 0 Å². The van der Waals surface area contributed by atoms with E-state index in [1.165, 1.54) is 6.20 Å². The van der Waals surface area contributed by atoms with Crippen molar-refractivity contribution in [1.82, 2.24) is 20.0 Å². The molecule has 0 radical (unpaired) electrons. The van der Waals surface area contributed by atoms with Crippen molar-refractivity contribution in [3.8, 4) is 6.01 Å². The third-order valence-corrected chi connectivity index (χ3v) is 3.46. The van der Waals surface area contributed by atoms with Gasteiger partial charge >= 0.3 is 6.01 Å². The smallest absolute Gasteiger partial charge is 0.316 e. The molecule has 0 N–H and O–H groups in total. The Morgan fingerprint density at radius 2 is 2.24 bits per heavy atom. The summed E-state index contributed by atoms with van der Waals surface area (Å²) in [4.78, 5) is 22.3. The van der Waals surface area contributed by atoms with Gasteiger partial charge in [-0.25, -0.2) is 9.97 Å². The van der Waals surface area contributed by atoms with Crippen molar-refractivity contribution < 1.29 is 14.1 Å². The van der Waals surface area contributed by atoms with Crippen LogP contribution in [0.15, 0.2) is 29.2 Å². The summed E-state index contributed by atoms with van der Waals surface area (Å²) in [6.07, 6.45) is 6.40. The zero-order valence-electron chi connectivity index (χ0n) is 11.7. The molecule has 110 valence electrons. The number of piperidine rings is 1. The second-order valence-corrected chi connectivity index (χ2v) is 4.96. The van der Waals surface area contributed by atoms with Gasteiger partial charge in [-0.1, -0.05) is 5.16 Å². The largest absolute Gasteiger partial charge is 0.458 e. The molecular formula is C14H16N4O3. The molecule has 1 aliphatic rings. The lowest BCUT2D eigenvalue weighted by atomic mass is 10.1. The first-order valence-corrected chi connectivity index (χ1v) is 6.88. The van der Waals surface area contributed by atoms with Gasteiger partial charge in [0.05, 0.1) is 12.7 Å². The lowest BCUT2D eigenvalue weighted by Gasteiger charge is -2.32. The van der Waals surface area contributed by atoms with E-state index >= 15 is 0 Å². The SMILES string of the molecule is Cc1oncc1C(=O)N1CCCC(Oc2ncccn2)C1. The Morgan fingerprint density at radius 1 is 1.43 bits per heavy atom. The van der Waals surface area contributed by atoms with E-state index < -0.39 is 0 Å². The van der Waals surface area contributed by atoms with Crippen LogP contribution < -0.4 is 4.74 Å². The number of rotatable bonds is 3. The highest BCUT2D eigenvalue weighted by Crippen LogP contribution is 2.18. The van der Waals surface area contributed by atoms with Gasteiger partial charge in [0.15, 0.2) is 0 Å². The van der Waals surface area contributed by atoms with E-state index in [0.29, 0.717) is 30.4 Å². The van der Waals surface area contributed by atoms with Gasteiger partial charge < -0.3 is 14.2 Å². The second-order valence-electron chi connectivity index (χ2n) is 4.96. The lowest BCUT2D eigenvalue weighted by Crippen LogP contribution is -2.44. The molecule has 1 aliphatic heterocycles. The quantitative estimate of drug-likeness (QED) is 0.850. The van der Waals surface area contributed by atoms with Gasteiger partial charge in [-0.3, -0.25) is 4.79 Å². The molecule has 1 amide bonds. The number of ether oxygens (including phenoxy) is 1. The third kappa shape index (κ3) is 3.01. The van der Waals surface area contributed by atoms with Crippen LogP contribution in [0.4, 0.5) is 0 Å². The molecule has 3 rings (SSSR count). The topological polar surface area (TPSA) is 81.4 Å². The summed E-state index contributed by atoms with van der Waals surface area (Å²) in [5, 5.41) is 3.65. The number of carbonyl (C=O) groups excluding carboxylic acids is 1. The highest BCUT2D eigenvalue weighted by Gasteiger charge is 2.28. The summed E-state index contributed by atoms with van der Waals surface area (Å²) < 4.78 is 10.7. The molecule has 2 aromatic rings. The Bertz CT molecular complexity index is 614. The Morgan fingerprint density at radius 3 is 2.95 bits per heavy atom. The van der Waals surface area contributed by atoms with Crippen molar-refractivity contribution in [2.75, 3.05) is 13.1 Å². The van der Waals surface area contributed by atoms with Crippen molar-refractivity contribution in [3.63, 3.8) is 0 Å². The van der Waals surface area contributed by atoms with Crippen LogP contribution in [0.1, 0.15) is 29.0 Å². The summed E-state index contributed by atoms with van der Waals surface area (Å²) in [6.45, 7) is 2.95. The number of aryl methyl sites for hydroxylation is 1. The average Bonchev–Trinajstić information content (AvgIpc) is 2.94. The Balaban J connectivity index is 1.66. The lowest BCUT2D eigenvalue weighted by molar-refractivity contribution is 0.0514. The molecule has 0 aromatic carbocycles. The Kier molecular flexibility index (Phi) is 3.81. The third-order valence-electron chi connectivity index (χ3n) is 3.46. The maximum atomic E-state index is 12.4. The molecule has 21 heavy (non-hydrogen) atoms. The van der Waals surface area contributed by atoms with Crippen LogP contribution in [0.25, 0.3) is 0 Å². The van der Waals surface area contributed by atoms with E-state index in [2.05, 4.69) is 15.1 Å². The molecule has 7 heteroatoms. The van der Waals surface area contributed by atoms with Gasteiger partial charge in [0, 0.05) is 18.9 Å². The van der Waals surface area contributed by atoms with E-state index in [1.807, 2.05) is 0 Å². The summed E-state index contributed by atoms with van der Waals surface area (Å²) in [6, 6.07) is 2.08. The Hall–Kier alpha value is -2.44. The highest BCUT2D eigenvalue weighted by atomic mass is 16.5. The van der Waals surface area contributed by atoms with E-state index in [1.54, 1.807) is 30.3 Å². The molecule has 1 unspecified atom stereocenters. The number of amides is 1. The van der Waals surface area contributed by atoms with Crippen LogP contribution in [0.3, 0.4) is 0 Å². The van der Waals surface area contributed by atoms with Crippen molar-refractivity contribution in [2.24, 2.45) is 0 Å². The predicted molar refractivity (Wildman–Crippen MR) is 72.8 cm³/mol. The average molecular weight is 288 g/mol. The molecule has 0 saturated carbocycles. The molecular weight excluding hydrogens is 272 g/mol. The van der Waals surface area contributed by atoms with Crippen molar-refractivity contribution >= 4 is 5.91 Å². The van der Waals surface area contributed by atoms with Crippen molar-refractivity contribution in [1.29, 1.82) is 0 Å². The van der Waals surface area contributed by atoms with Crippen LogP contribution in [0.2, 0.25) is 0 Å². The van der Waals surface area contributed by atoms with E-state index in [0.717, 1.165) is 12.8 Å². The summed E-state index contributed by atoms with van der Waals surface area (Å²) >= 11 is 0. The van der Waals surface area contributed by atoms with Gasteiger partial charge in [0.1, 0.15) is 17.4 Å². The first-order chi connectivity index (χ1) is 10.2. The summed E-state index contributed by atoms with van der Waals surface area (Å²) in [5.74, 6) is 0.463. The molecule has 0 spiro atoms. The number of likely N-dealkylation sites (tertiary alicyclic amines) is 1. The number of hydrogen-bond donors (Lipinski definition) is 0. The summed E-state index contributed by atoms with van der Waals surface area (Å²) in [7, 11) is 0. The molecule has 1 atom stereocenters. The van der Waals surface area contributed by atoms with Crippen molar-refractivity contribution in [3.05, 3.63) is 36.0 Å². The van der Waals surface area contributed by atoms with E-state index in [-0.39, 0.29) is 12.0 Å². The van der Waals surface area contributed by atoms with Crippen LogP contribution in [-0.4, -0.2) is 45.1 Å². The minimum absolute atomic E-state index is 0.0731. The molecule has 7 nitrogen and oxygen atoms in total.